The second-order valence-corrected chi connectivity index (χ2v) is 7.23. The predicted molar refractivity (Wildman–Crippen MR) is 109 cm³/mol. The average molecular weight is 417 g/mol. The van der Waals surface area contributed by atoms with Crippen molar-refractivity contribution in [1.29, 1.82) is 0 Å². The van der Waals surface area contributed by atoms with Crippen molar-refractivity contribution in [2.24, 2.45) is 0 Å². The minimum absolute atomic E-state index is 0.170. The van der Waals surface area contributed by atoms with E-state index in [4.69, 9.17) is 0 Å². The SMILES string of the molecule is O=C(NCCn1nc(-c2cccnc2)n(C2CC2)c1=O)c1cccc(-n2cnnn2)c1. The van der Waals surface area contributed by atoms with E-state index in [0.29, 0.717) is 17.1 Å². The van der Waals surface area contributed by atoms with Gasteiger partial charge in [-0.2, -0.15) is 0 Å². The second-order valence-electron chi connectivity index (χ2n) is 7.23. The van der Waals surface area contributed by atoms with Gasteiger partial charge in [0.2, 0.25) is 0 Å². The number of hydrogen-bond acceptors (Lipinski definition) is 7. The molecule has 1 aliphatic rings. The number of pyridine rings is 1. The zero-order chi connectivity index (χ0) is 21.2. The Balaban J connectivity index is 1.29. The first-order valence-electron chi connectivity index (χ1n) is 9.92. The lowest BCUT2D eigenvalue weighted by Crippen LogP contribution is -2.32. The maximum atomic E-state index is 12.9. The van der Waals surface area contributed by atoms with Crippen molar-refractivity contribution in [2.75, 3.05) is 6.54 Å². The number of amides is 1. The van der Waals surface area contributed by atoms with Gasteiger partial charge in [0.15, 0.2) is 5.82 Å². The van der Waals surface area contributed by atoms with E-state index in [9.17, 15) is 9.59 Å². The van der Waals surface area contributed by atoms with Crippen molar-refractivity contribution in [1.82, 2.24) is 44.9 Å². The molecule has 156 valence electrons. The summed E-state index contributed by atoms with van der Waals surface area (Å²) in [5.74, 6) is 0.359. The van der Waals surface area contributed by atoms with Crippen LogP contribution in [0.2, 0.25) is 0 Å². The van der Waals surface area contributed by atoms with Gasteiger partial charge in [0.1, 0.15) is 6.33 Å². The number of nitrogens with one attached hydrogen (secondary N) is 1. The number of aromatic nitrogens is 8. The highest BCUT2D eigenvalue weighted by atomic mass is 16.2. The van der Waals surface area contributed by atoms with Crippen LogP contribution in [-0.4, -0.2) is 52.0 Å². The van der Waals surface area contributed by atoms with Gasteiger partial charge in [-0.3, -0.25) is 14.3 Å². The Hall–Kier alpha value is -4.15. The standard InChI is InChI=1S/C20H19N9O2/c30-19(14-3-1-5-17(11-14)28-13-23-25-26-28)22-9-10-27-20(31)29(16-6-7-16)18(24-27)15-4-2-8-21-12-15/h1-5,8,11-13,16H,6-7,9-10H2,(H,22,30). The molecule has 0 saturated heterocycles. The summed E-state index contributed by atoms with van der Waals surface area (Å²) < 4.78 is 4.60. The molecular formula is C20H19N9O2. The number of tetrazole rings is 1. The van der Waals surface area contributed by atoms with Crippen LogP contribution in [-0.2, 0) is 6.54 Å². The van der Waals surface area contributed by atoms with Crippen LogP contribution >= 0.6 is 0 Å². The highest BCUT2D eigenvalue weighted by molar-refractivity contribution is 5.94. The summed E-state index contributed by atoms with van der Waals surface area (Å²) in [5, 5.41) is 18.4. The molecule has 1 aliphatic carbocycles. The Labute approximate surface area is 176 Å². The molecular weight excluding hydrogens is 398 g/mol. The van der Waals surface area contributed by atoms with Crippen LogP contribution in [0.1, 0.15) is 29.2 Å². The minimum Gasteiger partial charge on any atom is -0.350 e. The van der Waals surface area contributed by atoms with Gasteiger partial charge < -0.3 is 5.32 Å². The monoisotopic (exact) mass is 417 g/mol. The second kappa shape index (κ2) is 7.94. The van der Waals surface area contributed by atoms with E-state index in [2.05, 4.69) is 30.9 Å². The van der Waals surface area contributed by atoms with E-state index in [0.717, 1.165) is 18.4 Å². The van der Waals surface area contributed by atoms with Gasteiger partial charge in [-0.1, -0.05) is 6.07 Å². The molecule has 0 radical (unpaired) electrons. The maximum Gasteiger partial charge on any atom is 0.346 e. The molecule has 0 unspecified atom stereocenters. The van der Waals surface area contributed by atoms with Crippen LogP contribution in [0, 0.1) is 0 Å². The highest BCUT2D eigenvalue weighted by Gasteiger charge is 2.30. The molecule has 1 amide bonds. The molecule has 0 aliphatic heterocycles. The van der Waals surface area contributed by atoms with Crippen molar-refractivity contribution in [2.45, 2.75) is 25.4 Å². The molecule has 1 aromatic carbocycles. The van der Waals surface area contributed by atoms with Crippen molar-refractivity contribution in [3.05, 3.63) is 71.2 Å². The molecule has 3 heterocycles. The Morgan fingerprint density at radius 2 is 2.10 bits per heavy atom. The highest BCUT2D eigenvalue weighted by Crippen LogP contribution is 2.36. The Morgan fingerprint density at radius 1 is 1.19 bits per heavy atom. The topological polar surface area (TPSA) is 125 Å². The quantitative estimate of drug-likeness (QED) is 0.472. The van der Waals surface area contributed by atoms with E-state index >= 15 is 0 Å². The summed E-state index contributed by atoms with van der Waals surface area (Å²) >= 11 is 0. The van der Waals surface area contributed by atoms with E-state index < -0.39 is 0 Å². The lowest BCUT2D eigenvalue weighted by molar-refractivity contribution is 0.0951. The molecule has 0 bridgehead atoms. The van der Waals surface area contributed by atoms with Gasteiger partial charge in [0, 0.05) is 36.1 Å². The van der Waals surface area contributed by atoms with Gasteiger partial charge >= 0.3 is 5.69 Å². The molecule has 11 nitrogen and oxygen atoms in total. The first-order valence-corrected chi connectivity index (χ1v) is 9.92. The molecule has 11 heteroatoms. The van der Waals surface area contributed by atoms with Crippen LogP contribution in [0.15, 0.2) is 59.9 Å². The third-order valence-corrected chi connectivity index (χ3v) is 5.03. The summed E-state index contributed by atoms with van der Waals surface area (Å²) in [6.07, 6.45) is 6.77. The lowest BCUT2D eigenvalue weighted by Gasteiger charge is -2.06. The number of carbonyl (C=O) groups is 1. The van der Waals surface area contributed by atoms with E-state index in [1.54, 1.807) is 41.2 Å². The van der Waals surface area contributed by atoms with Crippen molar-refractivity contribution < 1.29 is 4.79 Å². The van der Waals surface area contributed by atoms with E-state index in [1.807, 2.05) is 12.1 Å². The number of hydrogen-bond donors (Lipinski definition) is 1. The van der Waals surface area contributed by atoms with Crippen LogP contribution in [0.5, 0.6) is 0 Å². The van der Waals surface area contributed by atoms with Gasteiger partial charge in [-0.15, -0.1) is 10.2 Å². The lowest BCUT2D eigenvalue weighted by atomic mass is 10.2. The molecule has 3 aromatic heterocycles. The summed E-state index contributed by atoms with van der Waals surface area (Å²) in [6, 6.07) is 10.8. The molecule has 4 aromatic rings. The molecule has 0 atom stereocenters. The average Bonchev–Trinajstić information content (AvgIpc) is 3.37. The molecule has 1 fully saturated rings. The largest absolute Gasteiger partial charge is 0.350 e. The first kappa shape index (κ1) is 18.9. The Bertz CT molecular complexity index is 1260. The Kier molecular flexibility index (Phi) is 4.83. The number of benzene rings is 1. The number of rotatable bonds is 7. The fourth-order valence-electron chi connectivity index (χ4n) is 3.37. The van der Waals surface area contributed by atoms with Crippen LogP contribution < -0.4 is 11.0 Å². The molecule has 0 spiro atoms. The predicted octanol–water partition coefficient (Wildman–Crippen LogP) is 0.847. The van der Waals surface area contributed by atoms with Crippen molar-refractivity contribution >= 4 is 5.91 Å². The maximum absolute atomic E-state index is 12.9. The number of nitrogens with zero attached hydrogens (tertiary/aromatic N) is 8. The molecule has 5 rings (SSSR count). The van der Waals surface area contributed by atoms with Crippen LogP contribution in [0.3, 0.4) is 0 Å². The molecule has 31 heavy (non-hydrogen) atoms. The zero-order valence-electron chi connectivity index (χ0n) is 16.5. The van der Waals surface area contributed by atoms with Gasteiger partial charge in [0.25, 0.3) is 5.91 Å². The van der Waals surface area contributed by atoms with Gasteiger partial charge in [0.05, 0.1) is 12.2 Å². The van der Waals surface area contributed by atoms with Gasteiger partial charge in [-0.25, -0.2) is 14.2 Å². The fraction of sp³-hybridized carbons (Fsp3) is 0.250. The summed E-state index contributed by atoms with van der Waals surface area (Å²) in [5.41, 5.74) is 1.78. The van der Waals surface area contributed by atoms with Crippen LogP contribution in [0.4, 0.5) is 0 Å². The first-order chi connectivity index (χ1) is 15.2. The fourth-order valence-corrected chi connectivity index (χ4v) is 3.37. The van der Waals surface area contributed by atoms with Crippen molar-refractivity contribution in [3.63, 3.8) is 0 Å². The van der Waals surface area contributed by atoms with E-state index in [1.165, 1.54) is 15.7 Å². The van der Waals surface area contributed by atoms with Crippen LogP contribution in [0.25, 0.3) is 17.1 Å². The summed E-state index contributed by atoms with van der Waals surface area (Å²) in [7, 11) is 0. The van der Waals surface area contributed by atoms with E-state index in [-0.39, 0.29) is 30.7 Å². The molecule has 1 N–H and O–H groups in total. The van der Waals surface area contributed by atoms with Crippen molar-refractivity contribution in [3.8, 4) is 17.1 Å². The Morgan fingerprint density at radius 3 is 2.84 bits per heavy atom. The minimum atomic E-state index is -0.253. The third kappa shape index (κ3) is 3.84. The smallest absolute Gasteiger partial charge is 0.346 e. The van der Waals surface area contributed by atoms with Gasteiger partial charge in [-0.05, 0) is 53.6 Å². The zero-order valence-corrected chi connectivity index (χ0v) is 16.5. The number of carbonyl (C=O) groups excluding carboxylic acids is 1. The summed E-state index contributed by atoms with van der Waals surface area (Å²) in [6.45, 7) is 0.534. The molecule has 1 saturated carbocycles. The third-order valence-electron chi connectivity index (χ3n) is 5.03. The normalized spacial score (nSPS) is 13.3. The summed E-state index contributed by atoms with van der Waals surface area (Å²) in [4.78, 5) is 29.6.